The van der Waals surface area contributed by atoms with E-state index < -0.39 is 16.6 Å². The van der Waals surface area contributed by atoms with Crippen molar-refractivity contribution in [3.05, 3.63) is 98.8 Å². The number of amides is 1. The van der Waals surface area contributed by atoms with Gasteiger partial charge in [0.1, 0.15) is 0 Å². The van der Waals surface area contributed by atoms with Crippen molar-refractivity contribution in [1.29, 1.82) is 0 Å². The number of halogens is 1. The number of nitro groups is 1. The summed E-state index contributed by atoms with van der Waals surface area (Å²) in [6, 6.07) is 17.4. The molecule has 2 heterocycles. The van der Waals surface area contributed by atoms with Crippen LogP contribution in [0.1, 0.15) is 21.6 Å². The molecule has 10 heteroatoms. The third-order valence-corrected chi connectivity index (χ3v) is 4.72. The molecule has 4 rings (SSSR count). The van der Waals surface area contributed by atoms with E-state index in [2.05, 4.69) is 20.6 Å². The second-order valence-electron chi connectivity index (χ2n) is 6.55. The van der Waals surface area contributed by atoms with E-state index in [1.165, 1.54) is 10.9 Å². The minimum atomic E-state index is -0.653. The van der Waals surface area contributed by atoms with Crippen molar-refractivity contribution < 1.29 is 9.72 Å². The number of aromatic nitrogens is 3. The van der Waals surface area contributed by atoms with Crippen LogP contribution in [0, 0.1) is 10.1 Å². The van der Waals surface area contributed by atoms with Crippen LogP contribution in [0.4, 0.5) is 5.82 Å². The molecule has 0 fully saturated rings. The predicted octanol–water partition coefficient (Wildman–Crippen LogP) is 3.81. The van der Waals surface area contributed by atoms with E-state index in [0.29, 0.717) is 5.02 Å². The van der Waals surface area contributed by atoms with Crippen LogP contribution in [-0.2, 0) is 6.54 Å². The molecule has 9 nitrogen and oxygen atoms in total. The van der Waals surface area contributed by atoms with Crippen LogP contribution in [0.25, 0.3) is 10.9 Å². The normalized spacial score (nSPS) is 11.1. The molecule has 0 atom stereocenters. The third-order valence-electron chi connectivity index (χ3n) is 4.47. The molecule has 31 heavy (non-hydrogen) atoms. The first-order chi connectivity index (χ1) is 15.0. The summed E-state index contributed by atoms with van der Waals surface area (Å²) < 4.78 is 1.26. The van der Waals surface area contributed by atoms with Crippen molar-refractivity contribution in [1.82, 2.24) is 20.2 Å². The Labute approximate surface area is 181 Å². The quantitative estimate of drug-likeness (QED) is 0.281. The van der Waals surface area contributed by atoms with Gasteiger partial charge >= 0.3 is 5.82 Å². The maximum atomic E-state index is 12.7. The fourth-order valence-corrected chi connectivity index (χ4v) is 3.13. The highest BCUT2D eigenvalue weighted by atomic mass is 35.5. The minimum absolute atomic E-state index is 0.00912. The highest BCUT2D eigenvalue weighted by Crippen LogP contribution is 2.16. The summed E-state index contributed by atoms with van der Waals surface area (Å²) in [6.45, 7) is 0.157. The van der Waals surface area contributed by atoms with E-state index in [0.717, 1.165) is 28.1 Å². The van der Waals surface area contributed by atoms with Gasteiger partial charge in [-0.25, -0.2) is 5.43 Å². The van der Waals surface area contributed by atoms with Crippen LogP contribution in [-0.4, -0.2) is 31.8 Å². The number of pyridine rings is 1. The van der Waals surface area contributed by atoms with Gasteiger partial charge in [-0.3, -0.25) is 9.78 Å². The average Bonchev–Trinajstić information content (AvgIpc) is 3.20. The number of hydrogen-bond acceptors (Lipinski definition) is 6. The molecule has 0 unspecified atom stereocenters. The zero-order valence-electron chi connectivity index (χ0n) is 16.0. The number of para-hydroxylation sites is 1. The Morgan fingerprint density at radius 1 is 1.19 bits per heavy atom. The standard InChI is InChI=1S/C21H15ClN6O3/c22-17-8-6-14(7-9-17)13-27-18(11-19(26-27)28(30)31)21(29)25-24-12-16-4-1-3-15-5-2-10-23-20(15)16/h1-12H,13H2,(H,25,29). The monoisotopic (exact) mass is 434 g/mol. The fraction of sp³-hybridized carbons (Fsp3) is 0.0476. The molecule has 0 aliphatic heterocycles. The second-order valence-corrected chi connectivity index (χ2v) is 6.99. The zero-order chi connectivity index (χ0) is 21.8. The minimum Gasteiger partial charge on any atom is -0.358 e. The second kappa shape index (κ2) is 8.72. The molecule has 0 saturated heterocycles. The van der Waals surface area contributed by atoms with E-state index in [-0.39, 0.29) is 12.2 Å². The summed E-state index contributed by atoms with van der Waals surface area (Å²) in [6.07, 6.45) is 3.15. The third kappa shape index (κ3) is 4.57. The summed E-state index contributed by atoms with van der Waals surface area (Å²) >= 11 is 5.89. The van der Waals surface area contributed by atoms with Gasteiger partial charge in [0, 0.05) is 22.2 Å². The number of nitrogens with zero attached hydrogens (tertiary/aromatic N) is 5. The summed E-state index contributed by atoms with van der Waals surface area (Å²) in [5.74, 6) is -1.06. The summed E-state index contributed by atoms with van der Waals surface area (Å²) in [7, 11) is 0. The highest BCUT2D eigenvalue weighted by Gasteiger charge is 2.23. The van der Waals surface area contributed by atoms with Crippen LogP contribution in [0.5, 0.6) is 0 Å². The van der Waals surface area contributed by atoms with Crippen molar-refractivity contribution in [2.75, 3.05) is 0 Å². The van der Waals surface area contributed by atoms with Gasteiger partial charge in [-0.1, -0.05) is 48.0 Å². The highest BCUT2D eigenvalue weighted by molar-refractivity contribution is 6.30. The Morgan fingerprint density at radius 3 is 2.74 bits per heavy atom. The van der Waals surface area contributed by atoms with Gasteiger partial charge in [-0.15, -0.1) is 0 Å². The number of rotatable bonds is 6. The summed E-state index contributed by atoms with van der Waals surface area (Å²) in [4.78, 5) is 27.5. The van der Waals surface area contributed by atoms with Gasteiger partial charge in [0.15, 0.2) is 5.69 Å². The number of benzene rings is 2. The lowest BCUT2D eigenvalue weighted by Gasteiger charge is -2.03. The van der Waals surface area contributed by atoms with Gasteiger partial charge in [0.25, 0.3) is 5.91 Å². The molecule has 2 aromatic heterocycles. The summed E-state index contributed by atoms with van der Waals surface area (Å²) in [5.41, 5.74) is 4.65. The molecule has 4 aromatic rings. The van der Waals surface area contributed by atoms with Gasteiger partial charge in [0.05, 0.1) is 29.4 Å². The van der Waals surface area contributed by atoms with E-state index in [1.807, 2.05) is 30.3 Å². The first kappa shape index (κ1) is 20.2. The van der Waals surface area contributed by atoms with Crippen molar-refractivity contribution >= 4 is 40.4 Å². The first-order valence-corrected chi connectivity index (χ1v) is 9.53. The molecular weight excluding hydrogens is 420 g/mol. The van der Waals surface area contributed by atoms with E-state index in [9.17, 15) is 14.9 Å². The lowest BCUT2D eigenvalue weighted by Crippen LogP contribution is -2.22. The first-order valence-electron chi connectivity index (χ1n) is 9.15. The zero-order valence-corrected chi connectivity index (χ0v) is 16.7. The molecule has 0 spiro atoms. The molecule has 2 aromatic carbocycles. The maximum Gasteiger partial charge on any atom is 0.390 e. The maximum absolute atomic E-state index is 12.7. The Bertz CT molecular complexity index is 1290. The SMILES string of the molecule is O=C(NN=Cc1cccc2cccnc12)c1cc([N+](=O)[O-])nn1Cc1ccc(Cl)cc1. The molecular formula is C21H15ClN6O3. The van der Waals surface area contributed by atoms with Gasteiger partial charge in [-0.05, 0) is 28.7 Å². The largest absolute Gasteiger partial charge is 0.390 e. The van der Waals surface area contributed by atoms with Crippen LogP contribution in [0.15, 0.2) is 72.0 Å². The van der Waals surface area contributed by atoms with Crippen LogP contribution >= 0.6 is 11.6 Å². The van der Waals surface area contributed by atoms with Crippen molar-refractivity contribution in [3.8, 4) is 0 Å². The van der Waals surface area contributed by atoms with E-state index in [1.54, 1.807) is 30.5 Å². The van der Waals surface area contributed by atoms with Crippen molar-refractivity contribution in [2.45, 2.75) is 6.54 Å². The smallest absolute Gasteiger partial charge is 0.358 e. The lowest BCUT2D eigenvalue weighted by atomic mass is 10.1. The number of nitrogens with one attached hydrogen (secondary N) is 1. The Kier molecular flexibility index (Phi) is 5.67. The number of carbonyl (C=O) groups is 1. The molecule has 154 valence electrons. The van der Waals surface area contributed by atoms with Gasteiger partial charge in [0.2, 0.25) is 0 Å². The van der Waals surface area contributed by atoms with Crippen LogP contribution < -0.4 is 5.43 Å². The average molecular weight is 435 g/mol. The Hall–Kier alpha value is -4.11. The van der Waals surface area contributed by atoms with Crippen molar-refractivity contribution in [3.63, 3.8) is 0 Å². The number of fused-ring (bicyclic) bond motifs is 1. The molecule has 0 aliphatic carbocycles. The van der Waals surface area contributed by atoms with Gasteiger partial charge in [-0.2, -0.15) is 9.78 Å². The molecule has 0 aliphatic rings. The Balaban J connectivity index is 1.56. The number of hydrazone groups is 1. The molecule has 1 N–H and O–H groups in total. The predicted molar refractivity (Wildman–Crippen MR) is 116 cm³/mol. The topological polar surface area (TPSA) is 115 Å². The fourth-order valence-electron chi connectivity index (χ4n) is 3.01. The lowest BCUT2D eigenvalue weighted by molar-refractivity contribution is -0.389. The van der Waals surface area contributed by atoms with Crippen LogP contribution in [0.3, 0.4) is 0 Å². The molecule has 0 radical (unpaired) electrons. The van der Waals surface area contributed by atoms with Gasteiger partial charge < -0.3 is 10.1 Å². The summed E-state index contributed by atoms with van der Waals surface area (Å²) in [5, 5.41) is 20.6. The number of hydrogen-bond donors (Lipinski definition) is 1. The van der Waals surface area contributed by atoms with E-state index >= 15 is 0 Å². The van der Waals surface area contributed by atoms with E-state index in [4.69, 9.17) is 11.6 Å². The molecule has 0 bridgehead atoms. The molecule has 1 amide bonds. The number of carbonyl (C=O) groups excluding carboxylic acids is 1. The Morgan fingerprint density at radius 2 is 1.97 bits per heavy atom. The van der Waals surface area contributed by atoms with Crippen molar-refractivity contribution in [2.24, 2.45) is 5.10 Å². The van der Waals surface area contributed by atoms with Crippen LogP contribution in [0.2, 0.25) is 5.02 Å². The molecule has 0 saturated carbocycles.